The van der Waals surface area contributed by atoms with Crippen molar-refractivity contribution in [2.75, 3.05) is 5.32 Å². The lowest BCUT2D eigenvalue weighted by atomic mass is 10.0. The van der Waals surface area contributed by atoms with Crippen LogP contribution in [0.3, 0.4) is 0 Å². The largest absolute Gasteiger partial charge is 0.444 e. The highest BCUT2D eigenvalue weighted by molar-refractivity contribution is 5.96. The van der Waals surface area contributed by atoms with Crippen molar-refractivity contribution < 1.29 is 14.3 Å². The third-order valence-electron chi connectivity index (χ3n) is 4.53. The number of pyridine rings is 1. The minimum Gasteiger partial charge on any atom is -0.444 e. The van der Waals surface area contributed by atoms with E-state index >= 15 is 0 Å². The summed E-state index contributed by atoms with van der Waals surface area (Å²) >= 11 is 0. The highest BCUT2D eigenvalue weighted by atomic mass is 16.6. The maximum atomic E-state index is 12.5. The Labute approximate surface area is 170 Å². The van der Waals surface area contributed by atoms with E-state index in [1.165, 1.54) is 0 Å². The fourth-order valence-electron chi connectivity index (χ4n) is 3.13. The van der Waals surface area contributed by atoms with Crippen molar-refractivity contribution in [3.8, 4) is 11.3 Å². The number of nitrogens with one attached hydrogen (secondary N) is 2. The highest BCUT2D eigenvalue weighted by Gasteiger charge is 2.23. The van der Waals surface area contributed by atoms with Gasteiger partial charge in [-0.3, -0.25) is 14.5 Å². The van der Waals surface area contributed by atoms with Crippen LogP contribution < -0.4 is 10.6 Å². The van der Waals surface area contributed by atoms with Crippen molar-refractivity contribution in [1.29, 1.82) is 0 Å². The Hall–Kier alpha value is -3.16. The Morgan fingerprint density at radius 2 is 2.07 bits per heavy atom. The lowest BCUT2D eigenvalue weighted by Gasteiger charge is -2.24. The summed E-state index contributed by atoms with van der Waals surface area (Å²) in [5, 5.41) is 10.1. The van der Waals surface area contributed by atoms with E-state index in [1.807, 2.05) is 53.0 Å². The van der Waals surface area contributed by atoms with Crippen LogP contribution in [0.5, 0.6) is 0 Å². The van der Waals surface area contributed by atoms with Crippen LogP contribution >= 0.6 is 0 Å². The van der Waals surface area contributed by atoms with Gasteiger partial charge in [0, 0.05) is 25.0 Å². The van der Waals surface area contributed by atoms with Gasteiger partial charge in [0.05, 0.1) is 29.5 Å². The van der Waals surface area contributed by atoms with Gasteiger partial charge in [-0.2, -0.15) is 5.10 Å². The molecule has 0 saturated carbocycles. The van der Waals surface area contributed by atoms with Crippen molar-refractivity contribution in [3.05, 3.63) is 42.4 Å². The maximum absolute atomic E-state index is 12.5. The lowest BCUT2D eigenvalue weighted by Crippen LogP contribution is -2.35. The maximum Gasteiger partial charge on any atom is 0.408 e. The molecular formula is C21H27N5O3. The standard InChI is InChI=1S/C21H27N5O3/c1-13-7-6-8-16(25-20(28)29-21(2,3)4)14-9-15(11-22-10-14)18-17(24-19(13)27)12-23-26(18)5/h6-7,9-13,16H,8H2,1-5H3,(H,24,27)(H,25,28)/b7-6+/t13-,16+/m1/s1. The Morgan fingerprint density at radius 3 is 2.79 bits per heavy atom. The summed E-state index contributed by atoms with van der Waals surface area (Å²) < 4.78 is 7.11. The fourth-order valence-corrected chi connectivity index (χ4v) is 3.13. The summed E-state index contributed by atoms with van der Waals surface area (Å²) in [6.45, 7) is 7.28. The number of hydrogen-bond acceptors (Lipinski definition) is 5. The van der Waals surface area contributed by atoms with Crippen LogP contribution in [-0.2, 0) is 16.6 Å². The average molecular weight is 397 g/mol. The predicted molar refractivity (Wildman–Crippen MR) is 110 cm³/mol. The van der Waals surface area contributed by atoms with Crippen LogP contribution in [0.15, 0.2) is 36.8 Å². The second-order valence-electron chi connectivity index (χ2n) is 8.18. The van der Waals surface area contributed by atoms with Gasteiger partial charge in [0.1, 0.15) is 5.60 Å². The Kier molecular flexibility index (Phi) is 5.72. The molecule has 0 radical (unpaired) electrons. The number of amides is 2. The molecule has 8 heteroatoms. The second kappa shape index (κ2) is 8.06. The zero-order chi connectivity index (χ0) is 21.2. The van der Waals surface area contributed by atoms with Crippen LogP contribution in [0.1, 0.15) is 45.7 Å². The van der Waals surface area contributed by atoms with Crippen LogP contribution in [-0.4, -0.2) is 32.4 Å². The van der Waals surface area contributed by atoms with Gasteiger partial charge in [0.25, 0.3) is 0 Å². The molecule has 2 N–H and O–H groups in total. The second-order valence-corrected chi connectivity index (χ2v) is 8.18. The van der Waals surface area contributed by atoms with E-state index in [-0.39, 0.29) is 17.9 Å². The Balaban J connectivity index is 2.02. The number of anilines is 1. The summed E-state index contributed by atoms with van der Waals surface area (Å²) in [6.07, 6.45) is 8.78. The number of fused-ring (bicyclic) bond motifs is 4. The summed E-state index contributed by atoms with van der Waals surface area (Å²) in [5.74, 6) is -0.460. The van der Waals surface area contributed by atoms with Crippen LogP contribution in [0.4, 0.5) is 10.5 Å². The molecule has 29 heavy (non-hydrogen) atoms. The SMILES string of the molecule is C[C@@H]1/C=C/C[C@H](NC(=O)OC(C)(C)C)c2cncc(c2)-c2c(cnn2C)NC1=O. The van der Waals surface area contributed by atoms with Crippen molar-refractivity contribution in [2.45, 2.75) is 45.8 Å². The van der Waals surface area contributed by atoms with Crippen LogP contribution in [0, 0.1) is 5.92 Å². The summed E-state index contributed by atoms with van der Waals surface area (Å²) in [7, 11) is 1.81. The smallest absolute Gasteiger partial charge is 0.408 e. The molecule has 2 amide bonds. The molecule has 2 aromatic heterocycles. The molecular weight excluding hydrogens is 370 g/mol. The minimum atomic E-state index is -0.596. The van der Waals surface area contributed by atoms with Crippen molar-refractivity contribution in [1.82, 2.24) is 20.1 Å². The van der Waals surface area contributed by atoms with Gasteiger partial charge < -0.3 is 15.4 Å². The lowest BCUT2D eigenvalue weighted by molar-refractivity contribution is -0.118. The number of alkyl carbamates (subject to hydrolysis) is 1. The van der Waals surface area contributed by atoms with E-state index in [9.17, 15) is 9.59 Å². The first kappa shape index (κ1) is 20.6. The molecule has 0 fully saturated rings. The zero-order valence-electron chi connectivity index (χ0n) is 17.4. The summed E-state index contributed by atoms with van der Waals surface area (Å²) in [6, 6.07) is 1.60. The molecule has 1 aliphatic heterocycles. The van der Waals surface area contributed by atoms with Crippen molar-refractivity contribution in [3.63, 3.8) is 0 Å². The zero-order valence-corrected chi connectivity index (χ0v) is 17.4. The number of carbonyl (C=O) groups excluding carboxylic acids is 2. The van der Waals surface area contributed by atoms with Crippen molar-refractivity contribution in [2.24, 2.45) is 13.0 Å². The molecule has 2 atom stereocenters. The Morgan fingerprint density at radius 1 is 1.31 bits per heavy atom. The van der Waals surface area contributed by atoms with Gasteiger partial charge in [0.2, 0.25) is 5.91 Å². The number of rotatable bonds is 1. The normalized spacial score (nSPS) is 20.5. The minimum absolute atomic E-state index is 0.128. The molecule has 3 rings (SSSR count). The fraction of sp³-hybridized carbons (Fsp3) is 0.429. The van der Waals surface area contributed by atoms with Gasteiger partial charge in [-0.15, -0.1) is 0 Å². The number of nitrogens with zero attached hydrogens (tertiary/aromatic N) is 3. The van der Waals surface area contributed by atoms with Gasteiger partial charge in [-0.1, -0.05) is 19.1 Å². The number of carbonyl (C=O) groups is 2. The molecule has 2 bridgehead atoms. The van der Waals surface area contributed by atoms with E-state index in [4.69, 9.17) is 4.74 Å². The third kappa shape index (κ3) is 5.01. The van der Waals surface area contributed by atoms with Gasteiger partial charge in [0.15, 0.2) is 0 Å². The molecule has 1 aliphatic rings. The molecule has 0 saturated heterocycles. The quantitative estimate of drug-likeness (QED) is 0.717. The number of hydrogen-bond donors (Lipinski definition) is 2. The molecule has 8 nitrogen and oxygen atoms in total. The first-order valence-electron chi connectivity index (χ1n) is 9.58. The van der Waals surface area contributed by atoms with E-state index in [2.05, 4.69) is 20.7 Å². The number of aryl methyl sites for hydroxylation is 1. The van der Waals surface area contributed by atoms with E-state index in [0.29, 0.717) is 12.1 Å². The van der Waals surface area contributed by atoms with Gasteiger partial charge in [-0.05, 0) is 38.8 Å². The molecule has 3 heterocycles. The van der Waals surface area contributed by atoms with Gasteiger partial charge in [-0.25, -0.2) is 4.79 Å². The average Bonchev–Trinajstić information content (AvgIpc) is 2.98. The van der Waals surface area contributed by atoms with Gasteiger partial charge >= 0.3 is 6.09 Å². The molecule has 0 unspecified atom stereocenters. The predicted octanol–water partition coefficient (Wildman–Crippen LogP) is 3.58. The Bertz CT molecular complexity index is 942. The molecule has 2 aromatic rings. The number of aromatic nitrogens is 3. The van der Waals surface area contributed by atoms with E-state index in [0.717, 1.165) is 16.8 Å². The van der Waals surface area contributed by atoms with Crippen LogP contribution in [0.25, 0.3) is 11.3 Å². The summed E-state index contributed by atoms with van der Waals surface area (Å²) in [4.78, 5) is 29.3. The number of ether oxygens (including phenoxy) is 1. The molecule has 0 aromatic carbocycles. The van der Waals surface area contributed by atoms with E-state index in [1.54, 1.807) is 23.3 Å². The first-order chi connectivity index (χ1) is 13.6. The third-order valence-corrected chi connectivity index (χ3v) is 4.53. The van der Waals surface area contributed by atoms with Crippen LogP contribution in [0.2, 0.25) is 0 Å². The topological polar surface area (TPSA) is 98.1 Å². The molecule has 0 aliphatic carbocycles. The summed E-state index contributed by atoms with van der Waals surface area (Å²) in [5.41, 5.74) is 2.41. The molecule has 0 spiro atoms. The monoisotopic (exact) mass is 397 g/mol. The van der Waals surface area contributed by atoms with Crippen molar-refractivity contribution >= 4 is 17.7 Å². The molecule has 154 valence electrons. The highest BCUT2D eigenvalue weighted by Crippen LogP contribution is 2.30. The van der Waals surface area contributed by atoms with E-state index < -0.39 is 11.7 Å². The first-order valence-corrected chi connectivity index (χ1v) is 9.58.